The van der Waals surface area contributed by atoms with Crippen LogP contribution in [0.1, 0.15) is 13.0 Å². The lowest BCUT2D eigenvalue weighted by Crippen LogP contribution is -2.27. The molecule has 1 heterocycles. The quantitative estimate of drug-likeness (QED) is 0.808. The van der Waals surface area contributed by atoms with Gasteiger partial charge in [-0.05, 0) is 19.1 Å². The summed E-state index contributed by atoms with van der Waals surface area (Å²) < 4.78 is 11.0. The van der Waals surface area contributed by atoms with Gasteiger partial charge in [-0.3, -0.25) is 4.57 Å². The molecular formula is C12H13NO5. The number of para-hydroxylation sites is 2. The Labute approximate surface area is 102 Å². The molecule has 0 aliphatic rings. The second kappa shape index (κ2) is 5.05. The van der Waals surface area contributed by atoms with Crippen LogP contribution < -0.4 is 5.76 Å². The first-order valence-electron chi connectivity index (χ1n) is 5.52. The molecule has 1 aromatic carbocycles. The first-order chi connectivity index (χ1) is 8.65. The summed E-state index contributed by atoms with van der Waals surface area (Å²) in [7, 11) is 0. The maximum atomic E-state index is 11.7. The lowest BCUT2D eigenvalue weighted by molar-refractivity contribution is -0.148. The fourth-order valence-corrected chi connectivity index (χ4v) is 1.72. The SMILES string of the molecule is CC(C(=O)OCCO)n1c(=O)oc2ccccc21. The number of nitrogens with zero attached hydrogens (tertiary/aromatic N) is 1. The lowest BCUT2D eigenvalue weighted by atomic mass is 10.3. The molecule has 0 amide bonds. The number of benzene rings is 1. The summed E-state index contributed by atoms with van der Waals surface area (Å²) in [4.78, 5) is 23.4. The minimum atomic E-state index is -0.798. The van der Waals surface area contributed by atoms with Crippen molar-refractivity contribution < 1.29 is 19.1 Å². The molecule has 1 aromatic heterocycles. The minimum absolute atomic E-state index is 0.0896. The van der Waals surface area contributed by atoms with Gasteiger partial charge in [0.25, 0.3) is 0 Å². The molecule has 0 spiro atoms. The van der Waals surface area contributed by atoms with E-state index in [0.717, 1.165) is 0 Å². The van der Waals surface area contributed by atoms with Gasteiger partial charge in [0.1, 0.15) is 12.6 Å². The number of aliphatic hydroxyl groups excluding tert-OH is 1. The van der Waals surface area contributed by atoms with Gasteiger partial charge in [0.2, 0.25) is 0 Å². The van der Waals surface area contributed by atoms with E-state index in [4.69, 9.17) is 14.3 Å². The molecule has 0 saturated carbocycles. The zero-order valence-corrected chi connectivity index (χ0v) is 9.83. The van der Waals surface area contributed by atoms with Gasteiger partial charge in [-0.25, -0.2) is 9.59 Å². The van der Waals surface area contributed by atoms with Crippen LogP contribution >= 0.6 is 0 Å². The Kier molecular flexibility index (Phi) is 3.47. The first-order valence-corrected chi connectivity index (χ1v) is 5.52. The van der Waals surface area contributed by atoms with E-state index in [1.807, 2.05) is 0 Å². The van der Waals surface area contributed by atoms with Crippen LogP contribution in [0, 0.1) is 0 Å². The number of carbonyl (C=O) groups is 1. The number of hydrogen-bond donors (Lipinski definition) is 1. The molecule has 0 saturated heterocycles. The molecule has 0 aliphatic carbocycles. The summed E-state index contributed by atoms with van der Waals surface area (Å²) in [6, 6.07) is 6.03. The molecule has 0 radical (unpaired) electrons. The number of aliphatic hydroxyl groups is 1. The van der Waals surface area contributed by atoms with Crippen LogP contribution in [0.4, 0.5) is 0 Å². The molecule has 96 valence electrons. The maximum Gasteiger partial charge on any atom is 0.420 e. The Balaban J connectivity index is 2.38. The highest BCUT2D eigenvalue weighted by Crippen LogP contribution is 2.17. The molecule has 0 fully saturated rings. The molecular weight excluding hydrogens is 238 g/mol. The summed E-state index contributed by atoms with van der Waals surface area (Å²) in [5, 5.41) is 8.59. The van der Waals surface area contributed by atoms with E-state index < -0.39 is 17.8 Å². The molecule has 18 heavy (non-hydrogen) atoms. The topological polar surface area (TPSA) is 81.7 Å². The van der Waals surface area contributed by atoms with Gasteiger partial charge in [-0.1, -0.05) is 12.1 Å². The van der Waals surface area contributed by atoms with Gasteiger partial charge in [-0.15, -0.1) is 0 Å². The molecule has 1 N–H and O–H groups in total. The molecule has 0 aliphatic heterocycles. The number of oxazole rings is 1. The van der Waals surface area contributed by atoms with Gasteiger partial charge in [0, 0.05) is 0 Å². The fourth-order valence-electron chi connectivity index (χ4n) is 1.72. The average Bonchev–Trinajstić information content (AvgIpc) is 2.70. The van der Waals surface area contributed by atoms with E-state index in [0.29, 0.717) is 11.1 Å². The summed E-state index contributed by atoms with van der Waals surface area (Å²) in [5.41, 5.74) is 0.959. The van der Waals surface area contributed by atoms with Crippen molar-refractivity contribution in [3.05, 3.63) is 34.8 Å². The highest BCUT2D eigenvalue weighted by molar-refractivity contribution is 5.79. The predicted molar refractivity (Wildman–Crippen MR) is 63.2 cm³/mol. The van der Waals surface area contributed by atoms with Crippen LogP contribution in [-0.2, 0) is 9.53 Å². The molecule has 1 unspecified atom stereocenters. The van der Waals surface area contributed by atoms with E-state index in [2.05, 4.69) is 0 Å². The Morgan fingerprint density at radius 3 is 2.94 bits per heavy atom. The zero-order valence-electron chi connectivity index (χ0n) is 9.83. The predicted octanol–water partition coefficient (Wildman–Crippen LogP) is 0.691. The number of aromatic nitrogens is 1. The summed E-state index contributed by atoms with van der Waals surface area (Å²) in [5.74, 6) is -1.19. The highest BCUT2D eigenvalue weighted by atomic mass is 16.5. The molecule has 0 bridgehead atoms. The van der Waals surface area contributed by atoms with Crippen LogP contribution in [0.15, 0.2) is 33.5 Å². The van der Waals surface area contributed by atoms with Crippen LogP contribution in [0.25, 0.3) is 11.1 Å². The standard InChI is InChI=1S/C12H13NO5/c1-8(11(15)17-7-6-14)13-9-4-2-3-5-10(9)18-12(13)16/h2-5,8,14H,6-7H2,1H3. The second-order valence-corrected chi connectivity index (χ2v) is 3.77. The average molecular weight is 251 g/mol. The number of ether oxygens (including phenoxy) is 1. The van der Waals surface area contributed by atoms with Crippen molar-refractivity contribution in [3.63, 3.8) is 0 Å². The van der Waals surface area contributed by atoms with Crippen LogP contribution in [0.5, 0.6) is 0 Å². The number of rotatable bonds is 4. The lowest BCUT2D eigenvalue weighted by Gasteiger charge is -2.11. The third-order valence-electron chi connectivity index (χ3n) is 2.58. The van der Waals surface area contributed by atoms with Crippen molar-refractivity contribution in [1.29, 1.82) is 0 Å². The van der Waals surface area contributed by atoms with E-state index >= 15 is 0 Å². The van der Waals surface area contributed by atoms with Crippen molar-refractivity contribution in [2.24, 2.45) is 0 Å². The molecule has 1 atom stereocenters. The number of hydrogen-bond acceptors (Lipinski definition) is 5. The Hall–Kier alpha value is -2.08. The van der Waals surface area contributed by atoms with Crippen molar-refractivity contribution in [3.8, 4) is 0 Å². The van der Waals surface area contributed by atoms with Crippen LogP contribution in [0.3, 0.4) is 0 Å². The first kappa shape index (κ1) is 12.4. The van der Waals surface area contributed by atoms with Crippen molar-refractivity contribution in [2.75, 3.05) is 13.2 Å². The summed E-state index contributed by atoms with van der Waals surface area (Å²) >= 11 is 0. The fraction of sp³-hybridized carbons (Fsp3) is 0.333. The minimum Gasteiger partial charge on any atom is -0.462 e. The van der Waals surface area contributed by atoms with Gasteiger partial charge >= 0.3 is 11.7 Å². The van der Waals surface area contributed by atoms with Crippen LogP contribution in [-0.4, -0.2) is 28.9 Å². The second-order valence-electron chi connectivity index (χ2n) is 3.77. The van der Waals surface area contributed by atoms with E-state index in [-0.39, 0.29) is 13.2 Å². The Morgan fingerprint density at radius 2 is 2.22 bits per heavy atom. The van der Waals surface area contributed by atoms with Gasteiger partial charge in [-0.2, -0.15) is 0 Å². The van der Waals surface area contributed by atoms with E-state index in [1.165, 1.54) is 4.57 Å². The third kappa shape index (κ3) is 2.14. The molecule has 2 aromatic rings. The number of carbonyl (C=O) groups excluding carboxylic acids is 1. The van der Waals surface area contributed by atoms with Crippen molar-refractivity contribution in [2.45, 2.75) is 13.0 Å². The Morgan fingerprint density at radius 1 is 1.50 bits per heavy atom. The van der Waals surface area contributed by atoms with Crippen molar-refractivity contribution in [1.82, 2.24) is 4.57 Å². The molecule has 2 rings (SSSR count). The van der Waals surface area contributed by atoms with Gasteiger partial charge < -0.3 is 14.3 Å². The number of esters is 1. The summed E-state index contributed by atoms with van der Waals surface area (Å²) in [6.45, 7) is 1.20. The van der Waals surface area contributed by atoms with Crippen LogP contribution in [0.2, 0.25) is 0 Å². The Bertz CT molecular complexity index is 612. The van der Waals surface area contributed by atoms with E-state index in [9.17, 15) is 9.59 Å². The highest BCUT2D eigenvalue weighted by Gasteiger charge is 2.22. The smallest absolute Gasteiger partial charge is 0.420 e. The number of fused-ring (bicyclic) bond motifs is 1. The monoisotopic (exact) mass is 251 g/mol. The molecule has 6 nitrogen and oxygen atoms in total. The van der Waals surface area contributed by atoms with Crippen molar-refractivity contribution >= 4 is 17.1 Å². The maximum absolute atomic E-state index is 11.7. The van der Waals surface area contributed by atoms with E-state index in [1.54, 1.807) is 31.2 Å². The third-order valence-corrected chi connectivity index (χ3v) is 2.58. The summed E-state index contributed by atoms with van der Waals surface area (Å²) in [6.07, 6.45) is 0. The zero-order chi connectivity index (χ0) is 13.1. The van der Waals surface area contributed by atoms with Gasteiger partial charge in [0.15, 0.2) is 5.58 Å². The van der Waals surface area contributed by atoms with Gasteiger partial charge in [0.05, 0.1) is 12.1 Å². The largest absolute Gasteiger partial charge is 0.462 e. The molecule has 6 heteroatoms. The normalized spacial score (nSPS) is 12.6.